The lowest BCUT2D eigenvalue weighted by molar-refractivity contribution is 0.791. The first-order valence-corrected chi connectivity index (χ1v) is 7.32. The Morgan fingerprint density at radius 2 is 2.11 bits per heavy atom. The van der Waals surface area contributed by atoms with Crippen molar-refractivity contribution < 1.29 is 0 Å². The SMILES string of the molecule is CCC(C)Sc1nc2ccccc2cc1CNC. The molecule has 2 aromatic rings. The molecular formula is C15H20N2S. The van der Waals surface area contributed by atoms with Crippen LogP contribution in [0.25, 0.3) is 10.9 Å². The second kappa shape index (κ2) is 6.21. The van der Waals surface area contributed by atoms with Crippen LogP contribution in [0.3, 0.4) is 0 Å². The zero-order chi connectivity index (χ0) is 13.0. The van der Waals surface area contributed by atoms with Gasteiger partial charge in [-0.15, -0.1) is 11.8 Å². The minimum Gasteiger partial charge on any atom is -0.316 e. The van der Waals surface area contributed by atoms with Gasteiger partial charge in [-0.1, -0.05) is 32.0 Å². The molecule has 0 aliphatic heterocycles. The van der Waals surface area contributed by atoms with Gasteiger partial charge >= 0.3 is 0 Å². The van der Waals surface area contributed by atoms with Gasteiger partial charge in [0.25, 0.3) is 0 Å². The first-order valence-electron chi connectivity index (χ1n) is 6.44. The molecule has 0 amide bonds. The van der Waals surface area contributed by atoms with Crippen molar-refractivity contribution in [2.24, 2.45) is 0 Å². The van der Waals surface area contributed by atoms with Crippen molar-refractivity contribution in [1.29, 1.82) is 0 Å². The van der Waals surface area contributed by atoms with Gasteiger partial charge in [-0.05, 0) is 31.2 Å². The van der Waals surface area contributed by atoms with Crippen molar-refractivity contribution in [1.82, 2.24) is 10.3 Å². The first-order chi connectivity index (χ1) is 8.74. The molecule has 2 nitrogen and oxygen atoms in total. The summed E-state index contributed by atoms with van der Waals surface area (Å²) in [5.41, 5.74) is 2.38. The van der Waals surface area contributed by atoms with E-state index in [2.05, 4.69) is 43.4 Å². The molecule has 1 N–H and O–H groups in total. The predicted octanol–water partition coefficient (Wildman–Crippen LogP) is 3.84. The van der Waals surface area contributed by atoms with Gasteiger partial charge in [0.1, 0.15) is 5.03 Å². The summed E-state index contributed by atoms with van der Waals surface area (Å²) in [4.78, 5) is 4.80. The maximum absolute atomic E-state index is 4.80. The smallest absolute Gasteiger partial charge is 0.101 e. The van der Waals surface area contributed by atoms with Crippen molar-refractivity contribution >= 4 is 22.7 Å². The average Bonchev–Trinajstić information content (AvgIpc) is 2.39. The highest BCUT2D eigenvalue weighted by molar-refractivity contribution is 7.99. The van der Waals surface area contributed by atoms with E-state index in [9.17, 15) is 0 Å². The third kappa shape index (κ3) is 3.03. The molecule has 0 aliphatic carbocycles. The molecule has 0 aliphatic rings. The number of aromatic nitrogens is 1. The molecule has 1 aromatic heterocycles. The Morgan fingerprint density at radius 1 is 1.33 bits per heavy atom. The van der Waals surface area contributed by atoms with Crippen LogP contribution < -0.4 is 5.32 Å². The van der Waals surface area contributed by atoms with E-state index in [1.165, 1.54) is 10.9 Å². The van der Waals surface area contributed by atoms with Gasteiger partial charge in [0.2, 0.25) is 0 Å². The zero-order valence-electron chi connectivity index (χ0n) is 11.2. The topological polar surface area (TPSA) is 24.9 Å². The van der Waals surface area contributed by atoms with Crippen LogP contribution in [0, 0.1) is 0 Å². The highest BCUT2D eigenvalue weighted by Crippen LogP contribution is 2.29. The second-order valence-electron chi connectivity index (χ2n) is 4.51. The Bertz CT molecular complexity index is 525. The van der Waals surface area contributed by atoms with Gasteiger partial charge in [0.15, 0.2) is 0 Å². The number of rotatable bonds is 5. The van der Waals surface area contributed by atoms with Crippen molar-refractivity contribution in [3.63, 3.8) is 0 Å². The Morgan fingerprint density at radius 3 is 2.83 bits per heavy atom. The second-order valence-corrected chi connectivity index (χ2v) is 5.94. The summed E-state index contributed by atoms with van der Waals surface area (Å²) in [6.07, 6.45) is 1.16. The number of thioether (sulfide) groups is 1. The summed E-state index contributed by atoms with van der Waals surface area (Å²) in [5, 5.41) is 6.22. The van der Waals surface area contributed by atoms with E-state index < -0.39 is 0 Å². The Kier molecular flexibility index (Phi) is 4.61. The maximum atomic E-state index is 4.80. The first kappa shape index (κ1) is 13.4. The van der Waals surface area contributed by atoms with Crippen molar-refractivity contribution in [3.05, 3.63) is 35.9 Å². The molecule has 0 saturated heterocycles. The molecule has 1 atom stereocenters. The monoisotopic (exact) mass is 260 g/mol. The summed E-state index contributed by atoms with van der Waals surface area (Å²) < 4.78 is 0. The number of hydrogen-bond donors (Lipinski definition) is 1. The molecule has 0 spiro atoms. The van der Waals surface area contributed by atoms with E-state index in [0.717, 1.165) is 23.5 Å². The molecule has 18 heavy (non-hydrogen) atoms. The number of nitrogens with one attached hydrogen (secondary N) is 1. The molecule has 96 valence electrons. The highest BCUT2D eigenvalue weighted by atomic mass is 32.2. The molecule has 0 radical (unpaired) electrons. The number of pyridine rings is 1. The standard InChI is InChI=1S/C15H20N2S/c1-4-11(2)18-15-13(10-16-3)9-12-7-5-6-8-14(12)17-15/h5-9,11,16H,4,10H2,1-3H3. The number of nitrogens with zero attached hydrogens (tertiary/aromatic N) is 1. The molecule has 0 fully saturated rings. The van der Waals surface area contributed by atoms with Gasteiger partial charge in [-0.3, -0.25) is 0 Å². The summed E-state index contributed by atoms with van der Waals surface area (Å²) in [6, 6.07) is 10.6. The molecular weight excluding hydrogens is 240 g/mol. The van der Waals surface area contributed by atoms with Crippen LogP contribution in [0.4, 0.5) is 0 Å². The summed E-state index contributed by atoms with van der Waals surface area (Å²) in [6.45, 7) is 5.34. The molecule has 1 unspecified atom stereocenters. The molecule has 2 rings (SSSR count). The summed E-state index contributed by atoms with van der Waals surface area (Å²) >= 11 is 1.87. The Labute approximate surface area is 113 Å². The van der Waals surface area contributed by atoms with Crippen LogP contribution >= 0.6 is 11.8 Å². The maximum Gasteiger partial charge on any atom is 0.101 e. The summed E-state index contributed by atoms with van der Waals surface area (Å²) in [7, 11) is 1.98. The number of hydrogen-bond acceptors (Lipinski definition) is 3. The molecule has 0 saturated carbocycles. The lowest BCUT2D eigenvalue weighted by Gasteiger charge is -2.13. The number of fused-ring (bicyclic) bond motifs is 1. The molecule has 3 heteroatoms. The van der Waals surface area contributed by atoms with E-state index >= 15 is 0 Å². The van der Waals surface area contributed by atoms with E-state index in [4.69, 9.17) is 4.98 Å². The highest BCUT2D eigenvalue weighted by Gasteiger charge is 2.10. The molecule has 0 bridgehead atoms. The van der Waals surface area contributed by atoms with Gasteiger partial charge < -0.3 is 5.32 Å². The fraction of sp³-hybridized carbons (Fsp3) is 0.400. The average molecular weight is 260 g/mol. The van der Waals surface area contributed by atoms with Crippen LogP contribution in [-0.2, 0) is 6.54 Å². The van der Waals surface area contributed by atoms with Gasteiger partial charge in [-0.25, -0.2) is 4.98 Å². The van der Waals surface area contributed by atoms with Crippen molar-refractivity contribution in [2.45, 2.75) is 37.1 Å². The largest absolute Gasteiger partial charge is 0.316 e. The fourth-order valence-electron chi connectivity index (χ4n) is 1.84. The Hall–Kier alpha value is -1.06. The van der Waals surface area contributed by atoms with E-state index in [0.29, 0.717) is 5.25 Å². The van der Waals surface area contributed by atoms with Crippen LogP contribution in [0.5, 0.6) is 0 Å². The third-order valence-electron chi connectivity index (χ3n) is 3.02. The van der Waals surface area contributed by atoms with E-state index in [1.54, 1.807) is 0 Å². The fourth-order valence-corrected chi connectivity index (χ4v) is 2.82. The lowest BCUT2D eigenvalue weighted by atomic mass is 10.1. The predicted molar refractivity (Wildman–Crippen MR) is 80.1 cm³/mol. The third-order valence-corrected chi connectivity index (χ3v) is 4.33. The van der Waals surface area contributed by atoms with Crippen molar-refractivity contribution in [2.75, 3.05) is 7.05 Å². The van der Waals surface area contributed by atoms with E-state index in [-0.39, 0.29) is 0 Å². The van der Waals surface area contributed by atoms with Gasteiger partial charge in [0.05, 0.1) is 5.52 Å². The number of para-hydroxylation sites is 1. The van der Waals surface area contributed by atoms with Crippen LogP contribution in [0.15, 0.2) is 35.4 Å². The molecule has 1 heterocycles. The van der Waals surface area contributed by atoms with Crippen LogP contribution in [0.2, 0.25) is 0 Å². The normalized spacial score (nSPS) is 12.8. The quantitative estimate of drug-likeness (QED) is 0.827. The lowest BCUT2D eigenvalue weighted by Crippen LogP contribution is -2.08. The van der Waals surface area contributed by atoms with E-state index in [1.807, 2.05) is 24.9 Å². The molecule has 1 aromatic carbocycles. The minimum absolute atomic E-state index is 0.606. The Balaban J connectivity index is 2.43. The van der Waals surface area contributed by atoms with Crippen LogP contribution in [-0.4, -0.2) is 17.3 Å². The zero-order valence-corrected chi connectivity index (χ0v) is 12.1. The summed E-state index contributed by atoms with van der Waals surface area (Å²) in [5.74, 6) is 0. The minimum atomic E-state index is 0.606. The number of benzene rings is 1. The van der Waals surface area contributed by atoms with Gasteiger partial charge in [-0.2, -0.15) is 0 Å². The van der Waals surface area contributed by atoms with Crippen molar-refractivity contribution in [3.8, 4) is 0 Å². The van der Waals surface area contributed by atoms with Gasteiger partial charge in [0, 0.05) is 17.2 Å². The van der Waals surface area contributed by atoms with Crippen LogP contribution in [0.1, 0.15) is 25.8 Å².